The molecular formula is C11H12N2O2. The second kappa shape index (κ2) is 3.82. The highest BCUT2D eigenvalue weighted by Gasteiger charge is 2.42. The summed E-state index contributed by atoms with van der Waals surface area (Å²) in [4.78, 5) is 15.5. The maximum absolute atomic E-state index is 11.3. The maximum Gasteiger partial charge on any atom is 0.244 e. The van der Waals surface area contributed by atoms with E-state index >= 15 is 0 Å². The third-order valence-electron chi connectivity index (χ3n) is 2.40. The van der Waals surface area contributed by atoms with Crippen molar-refractivity contribution in [3.63, 3.8) is 0 Å². The number of rotatable bonds is 3. The molecule has 0 spiro atoms. The van der Waals surface area contributed by atoms with Crippen LogP contribution in [0.2, 0.25) is 0 Å². The summed E-state index contributed by atoms with van der Waals surface area (Å²) in [7, 11) is 0. The minimum Gasteiger partial charge on any atom is -0.376 e. The van der Waals surface area contributed by atoms with E-state index in [4.69, 9.17) is 4.74 Å². The van der Waals surface area contributed by atoms with Gasteiger partial charge in [0.05, 0.1) is 18.9 Å². The predicted molar refractivity (Wildman–Crippen MR) is 55.1 cm³/mol. The van der Waals surface area contributed by atoms with Crippen molar-refractivity contribution in [2.75, 3.05) is 13.2 Å². The van der Waals surface area contributed by atoms with E-state index in [2.05, 4.69) is 16.9 Å². The van der Waals surface area contributed by atoms with Gasteiger partial charge in [-0.25, -0.2) is 0 Å². The Morgan fingerprint density at radius 3 is 2.87 bits per heavy atom. The van der Waals surface area contributed by atoms with Gasteiger partial charge in [-0.3, -0.25) is 9.78 Å². The van der Waals surface area contributed by atoms with Crippen molar-refractivity contribution >= 4 is 5.91 Å². The molecule has 4 nitrogen and oxygen atoms in total. The average Bonchev–Trinajstić information content (AvgIpc) is 2.24. The summed E-state index contributed by atoms with van der Waals surface area (Å²) in [6.45, 7) is 4.35. The minimum atomic E-state index is -0.466. The van der Waals surface area contributed by atoms with Gasteiger partial charge in [-0.1, -0.05) is 12.6 Å². The fourth-order valence-corrected chi connectivity index (χ4v) is 1.52. The molecule has 0 unspecified atom stereocenters. The van der Waals surface area contributed by atoms with Crippen LogP contribution in [0.4, 0.5) is 0 Å². The molecule has 0 atom stereocenters. The van der Waals surface area contributed by atoms with Gasteiger partial charge < -0.3 is 10.1 Å². The zero-order valence-corrected chi connectivity index (χ0v) is 8.27. The standard InChI is InChI=1S/C11H12N2O2/c1-2-10(14)13-11(7-15-8-11)9-5-3-4-6-12-9/h2-6H,1,7-8H2,(H,13,14). The highest BCUT2D eigenvalue weighted by atomic mass is 16.5. The number of carbonyl (C=O) groups is 1. The number of amides is 1. The highest BCUT2D eigenvalue weighted by molar-refractivity contribution is 5.87. The monoisotopic (exact) mass is 204 g/mol. The summed E-state index contributed by atoms with van der Waals surface area (Å²) in [5, 5.41) is 2.85. The van der Waals surface area contributed by atoms with E-state index in [9.17, 15) is 4.79 Å². The Morgan fingerprint density at radius 1 is 1.60 bits per heavy atom. The van der Waals surface area contributed by atoms with Crippen molar-refractivity contribution in [2.24, 2.45) is 0 Å². The number of nitrogens with zero attached hydrogens (tertiary/aromatic N) is 1. The number of ether oxygens (including phenoxy) is 1. The molecule has 0 aliphatic carbocycles. The van der Waals surface area contributed by atoms with Gasteiger partial charge in [-0.2, -0.15) is 0 Å². The molecule has 0 aromatic carbocycles. The van der Waals surface area contributed by atoms with E-state index in [1.165, 1.54) is 6.08 Å². The van der Waals surface area contributed by atoms with Gasteiger partial charge >= 0.3 is 0 Å². The summed E-state index contributed by atoms with van der Waals surface area (Å²) in [6.07, 6.45) is 2.96. The number of hydrogen-bond acceptors (Lipinski definition) is 3. The van der Waals surface area contributed by atoms with E-state index in [0.29, 0.717) is 13.2 Å². The van der Waals surface area contributed by atoms with Crippen molar-refractivity contribution in [1.29, 1.82) is 0 Å². The number of hydrogen-bond donors (Lipinski definition) is 1. The smallest absolute Gasteiger partial charge is 0.244 e. The van der Waals surface area contributed by atoms with Crippen LogP contribution in [0.5, 0.6) is 0 Å². The third-order valence-corrected chi connectivity index (χ3v) is 2.40. The Hall–Kier alpha value is -1.68. The summed E-state index contributed by atoms with van der Waals surface area (Å²) in [5.41, 5.74) is 0.360. The molecule has 2 rings (SSSR count). The van der Waals surface area contributed by atoms with Crippen molar-refractivity contribution in [2.45, 2.75) is 5.54 Å². The number of aromatic nitrogens is 1. The van der Waals surface area contributed by atoms with E-state index in [1.807, 2.05) is 18.2 Å². The SMILES string of the molecule is C=CC(=O)NC1(c2ccccn2)COC1. The van der Waals surface area contributed by atoms with E-state index in [0.717, 1.165) is 5.69 Å². The summed E-state index contributed by atoms with van der Waals surface area (Å²) < 4.78 is 5.15. The van der Waals surface area contributed by atoms with Crippen molar-refractivity contribution < 1.29 is 9.53 Å². The lowest BCUT2D eigenvalue weighted by atomic mass is 9.92. The maximum atomic E-state index is 11.3. The molecule has 1 amide bonds. The topological polar surface area (TPSA) is 51.2 Å². The van der Waals surface area contributed by atoms with Gasteiger partial charge in [-0.05, 0) is 18.2 Å². The Bertz CT molecular complexity index is 371. The summed E-state index contributed by atoms with van der Waals surface area (Å²) in [6, 6.07) is 5.61. The molecule has 1 aromatic heterocycles. The second-order valence-corrected chi connectivity index (χ2v) is 3.48. The van der Waals surface area contributed by atoms with Crippen LogP contribution >= 0.6 is 0 Å². The van der Waals surface area contributed by atoms with E-state index in [1.54, 1.807) is 6.20 Å². The van der Waals surface area contributed by atoms with Gasteiger partial charge in [0.25, 0.3) is 0 Å². The van der Waals surface area contributed by atoms with Gasteiger partial charge in [0.15, 0.2) is 0 Å². The average molecular weight is 204 g/mol. The molecule has 15 heavy (non-hydrogen) atoms. The zero-order chi connectivity index (χ0) is 10.7. The number of pyridine rings is 1. The van der Waals surface area contributed by atoms with Crippen LogP contribution in [-0.4, -0.2) is 24.1 Å². The van der Waals surface area contributed by atoms with E-state index in [-0.39, 0.29) is 5.91 Å². The molecule has 1 fully saturated rings. The molecule has 1 N–H and O–H groups in total. The molecular weight excluding hydrogens is 192 g/mol. The lowest BCUT2D eigenvalue weighted by Crippen LogP contribution is -2.59. The van der Waals surface area contributed by atoms with Crippen LogP contribution in [0.3, 0.4) is 0 Å². The van der Waals surface area contributed by atoms with Gasteiger partial charge in [-0.15, -0.1) is 0 Å². The normalized spacial score (nSPS) is 17.6. The van der Waals surface area contributed by atoms with Crippen LogP contribution in [-0.2, 0) is 15.1 Å². The third kappa shape index (κ3) is 1.76. The molecule has 1 aliphatic heterocycles. The second-order valence-electron chi connectivity index (χ2n) is 3.48. The summed E-state index contributed by atoms with van der Waals surface area (Å²) in [5.74, 6) is -0.205. The molecule has 0 bridgehead atoms. The first kappa shape index (κ1) is 9.86. The predicted octanol–water partition coefficient (Wildman–Crippen LogP) is 0.609. The van der Waals surface area contributed by atoms with Crippen LogP contribution in [0.1, 0.15) is 5.69 Å². The zero-order valence-electron chi connectivity index (χ0n) is 8.27. The van der Waals surface area contributed by atoms with Gasteiger partial charge in [0.1, 0.15) is 5.54 Å². The lowest BCUT2D eigenvalue weighted by Gasteiger charge is -2.41. The largest absolute Gasteiger partial charge is 0.376 e. The summed E-state index contributed by atoms with van der Waals surface area (Å²) >= 11 is 0. The van der Waals surface area contributed by atoms with Crippen molar-refractivity contribution in [1.82, 2.24) is 10.3 Å². The van der Waals surface area contributed by atoms with Crippen molar-refractivity contribution in [3.8, 4) is 0 Å². The molecule has 0 radical (unpaired) electrons. The van der Waals surface area contributed by atoms with Crippen LogP contribution in [0.25, 0.3) is 0 Å². The highest BCUT2D eigenvalue weighted by Crippen LogP contribution is 2.27. The Kier molecular flexibility index (Phi) is 2.51. The number of nitrogens with one attached hydrogen (secondary N) is 1. The number of carbonyl (C=O) groups excluding carboxylic acids is 1. The van der Waals surface area contributed by atoms with Crippen LogP contribution in [0.15, 0.2) is 37.1 Å². The Morgan fingerprint density at radius 2 is 2.40 bits per heavy atom. The fourth-order valence-electron chi connectivity index (χ4n) is 1.52. The first-order chi connectivity index (χ1) is 7.27. The van der Waals surface area contributed by atoms with Crippen molar-refractivity contribution in [3.05, 3.63) is 42.7 Å². The lowest BCUT2D eigenvalue weighted by molar-refractivity contribution is -0.129. The minimum absolute atomic E-state index is 0.205. The Balaban J connectivity index is 2.22. The van der Waals surface area contributed by atoms with Crippen LogP contribution < -0.4 is 5.32 Å². The quantitative estimate of drug-likeness (QED) is 0.734. The molecule has 2 heterocycles. The van der Waals surface area contributed by atoms with Gasteiger partial charge in [0.2, 0.25) is 5.91 Å². The van der Waals surface area contributed by atoms with Crippen LogP contribution in [0, 0.1) is 0 Å². The Labute approximate surface area is 88.0 Å². The molecule has 1 saturated heterocycles. The molecule has 1 aliphatic rings. The molecule has 1 aromatic rings. The first-order valence-electron chi connectivity index (χ1n) is 4.71. The molecule has 78 valence electrons. The molecule has 0 saturated carbocycles. The first-order valence-corrected chi connectivity index (χ1v) is 4.71. The van der Waals surface area contributed by atoms with Gasteiger partial charge in [0, 0.05) is 6.20 Å². The molecule has 4 heteroatoms. The van der Waals surface area contributed by atoms with E-state index < -0.39 is 5.54 Å². The fraction of sp³-hybridized carbons (Fsp3) is 0.273.